The fraction of sp³-hybridized carbons (Fsp3) is 0.429. The van der Waals surface area contributed by atoms with Crippen molar-refractivity contribution in [2.24, 2.45) is 0 Å². The third-order valence-electron chi connectivity index (χ3n) is 5.03. The molecule has 7 heteroatoms. The van der Waals surface area contributed by atoms with Gasteiger partial charge in [0.05, 0.1) is 13.7 Å². The summed E-state index contributed by atoms with van der Waals surface area (Å²) in [5.41, 5.74) is 0.827. The molecule has 0 bridgehead atoms. The summed E-state index contributed by atoms with van der Waals surface area (Å²) in [5, 5.41) is 0. The number of methoxy groups -OCH3 is 1. The predicted octanol–water partition coefficient (Wildman–Crippen LogP) is 2.40. The molecule has 0 N–H and O–H groups in total. The van der Waals surface area contributed by atoms with Gasteiger partial charge in [-0.3, -0.25) is 9.69 Å². The van der Waals surface area contributed by atoms with Gasteiger partial charge in [0.25, 0.3) is 0 Å². The molecule has 1 aliphatic heterocycles. The summed E-state index contributed by atoms with van der Waals surface area (Å²) in [4.78, 5) is 23.2. The van der Waals surface area contributed by atoms with Crippen LogP contribution in [-0.4, -0.2) is 67.1 Å². The normalized spacial score (nSPS) is 14.4. The van der Waals surface area contributed by atoms with Gasteiger partial charge in [-0.25, -0.2) is 9.37 Å². The largest absolute Gasteiger partial charge is 0.494 e. The van der Waals surface area contributed by atoms with Crippen molar-refractivity contribution in [3.8, 4) is 5.75 Å². The molecular formula is C21H27FN4O2. The second-order valence-corrected chi connectivity index (χ2v) is 6.83. The smallest absolute Gasteiger partial charge is 0.236 e. The Morgan fingerprint density at radius 1 is 1.21 bits per heavy atom. The van der Waals surface area contributed by atoms with Crippen molar-refractivity contribution in [1.82, 2.24) is 14.8 Å². The van der Waals surface area contributed by atoms with Gasteiger partial charge >= 0.3 is 0 Å². The van der Waals surface area contributed by atoms with Crippen molar-refractivity contribution < 1.29 is 13.9 Å². The minimum absolute atomic E-state index is 0.108. The Kier molecular flexibility index (Phi) is 6.81. The Balaban J connectivity index is 1.52. The number of likely N-dealkylation sites (N-methyl/N-ethyl adjacent to an activating group) is 1. The topological polar surface area (TPSA) is 48.9 Å². The van der Waals surface area contributed by atoms with Gasteiger partial charge in [0.2, 0.25) is 5.91 Å². The molecule has 1 aromatic heterocycles. The maximum atomic E-state index is 13.9. The SMILES string of the molecule is CCN(CC(=O)N1CCN(c2ccccn2)CC1)Cc1ccc(OC)c(F)c1. The van der Waals surface area contributed by atoms with Crippen LogP contribution < -0.4 is 9.64 Å². The summed E-state index contributed by atoms with van der Waals surface area (Å²) < 4.78 is 18.9. The third kappa shape index (κ3) is 4.98. The fourth-order valence-corrected chi connectivity index (χ4v) is 3.36. The van der Waals surface area contributed by atoms with Gasteiger partial charge in [-0.2, -0.15) is 0 Å². The van der Waals surface area contributed by atoms with Crippen LogP contribution in [0.4, 0.5) is 10.2 Å². The van der Waals surface area contributed by atoms with E-state index in [1.165, 1.54) is 13.2 Å². The molecule has 0 atom stereocenters. The summed E-state index contributed by atoms with van der Waals surface area (Å²) in [5.74, 6) is 0.907. The second kappa shape index (κ2) is 9.50. The van der Waals surface area contributed by atoms with Gasteiger partial charge in [0.15, 0.2) is 11.6 Å². The number of piperazine rings is 1. The molecule has 150 valence electrons. The Labute approximate surface area is 165 Å². The second-order valence-electron chi connectivity index (χ2n) is 6.83. The number of aromatic nitrogens is 1. The van der Waals surface area contributed by atoms with Crippen LogP contribution in [0.25, 0.3) is 0 Å². The Bertz CT molecular complexity index is 779. The number of carbonyl (C=O) groups is 1. The first-order valence-corrected chi connectivity index (χ1v) is 9.59. The monoisotopic (exact) mass is 386 g/mol. The van der Waals surface area contributed by atoms with E-state index in [1.807, 2.05) is 41.0 Å². The first-order chi connectivity index (χ1) is 13.6. The van der Waals surface area contributed by atoms with E-state index in [0.29, 0.717) is 32.7 Å². The van der Waals surface area contributed by atoms with E-state index in [1.54, 1.807) is 12.3 Å². The van der Waals surface area contributed by atoms with E-state index in [-0.39, 0.29) is 17.5 Å². The first-order valence-electron chi connectivity index (χ1n) is 9.59. The molecule has 0 radical (unpaired) electrons. The van der Waals surface area contributed by atoms with Crippen LogP contribution in [0.15, 0.2) is 42.6 Å². The van der Waals surface area contributed by atoms with Crippen molar-refractivity contribution in [3.05, 3.63) is 54.0 Å². The molecule has 1 fully saturated rings. The zero-order chi connectivity index (χ0) is 19.9. The van der Waals surface area contributed by atoms with Gasteiger partial charge in [-0.05, 0) is 36.4 Å². The molecule has 1 saturated heterocycles. The maximum absolute atomic E-state index is 13.9. The Hall–Kier alpha value is -2.67. The molecule has 1 aromatic carbocycles. The highest BCUT2D eigenvalue weighted by Gasteiger charge is 2.23. The number of benzene rings is 1. The lowest BCUT2D eigenvalue weighted by Gasteiger charge is -2.36. The van der Waals surface area contributed by atoms with E-state index in [9.17, 15) is 9.18 Å². The zero-order valence-electron chi connectivity index (χ0n) is 16.5. The number of rotatable bonds is 7. The number of amides is 1. The lowest BCUT2D eigenvalue weighted by atomic mass is 10.2. The molecule has 0 aliphatic carbocycles. The molecule has 0 saturated carbocycles. The number of nitrogens with zero attached hydrogens (tertiary/aromatic N) is 4. The maximum Gasteiger partial charge on any atom is 0.236 e. The number of halogens is 1. The number of anilines is 1. The van der Waals surface area contributed by atoms with Gasteiger partial charge in [-0.15, -0.1) is 0 Å². The molecule has 6 nitrogen and oxygen atoms in total. The quantitative estimate of drug-likeness (QED) is 0.731. The van der Waals surface area contributed by atoms with Crippen molar-refractivity contribution in [3.63, 3.8) is 0 Å². The lowest BCUT2D eigenvalue weighted by Crippen LogP contribution is -2.51. The van der Waals surface area contributed by atoms with Crippen molar-refractivity contribution in [1.29, 1.82) is 0 Å². The van der Waals surface area contributed by atoms with E-state index >= 15 is 0 Å². The number of pyridine rings is 1. The first kappa shape index (κ1) is 20.1. The van der Waals surface area contributed by atoms with Crippen LogP contribution in [0.3, 0.4) is 0 Å². The molecule has 0 unspecified atom stereocenters. The van der Waals surface area contributed by atoms with Crippen LogP contribution in [0.1, 0.15) is 12.5 Å². The van der Waals surface area contributed by atoms with Crippen LogP contribution in [-0.2, 0) is 11.3 Å². The van der Waals surface area contributed by atoms with Gasteiger partial charge < -0.3 is 14.5 Å². The van der Waals surface area contributed by atoms with Crippen molar-refractivity contribution in [2.45, 2.75) is 13.5 Å². The Morgan fingerprint density at radius 3 is 2.61 bits per heavy atom. The highest BCUT2D eigenvalue weighted by molar-refractivity contribution is 5.78. The number of ether oxygens (including phenoxy) is 1. The van der Waals surface area contributed by atoms with E-state index in [0.717, 1.165) is 24.5 Å². The molecule has 1 amide bonds. The predicted molar refractivity (Wildman–Crippen MR) is 107 cm³/mol. The summed E-state index contributed by atoms with van der Waals surface area (Å²) in [6.45, 7) is 6.50. The van der Waals surface area contributed by atoms with Crippen LogP contribution >= 0.6 is 0 Å². The van der Waals surface area contributed by atoms with Crippen LogP contribution in [0.2, 0.25) is 0 Å². The summed E-state index contributed by atoms with van der Waals surface area (Å²) in [7, 11) is 1.45. The number of hydrogen-bond acceptors (Lipinski definition) is 5. The zero-order valence-corrected chi connectivity index (χ0v) is 16.5. The van der Waals surface area contributed by atoms with Gasteiger partial charge in [0.1, 0.15) is 5.82 Å². The number of hydrogen-bond donors (Lipinski definition) is 0. The highest BCUT2D eigenvalue weighted by Crippen LogP contribution is 2.19. The molecule has 1 aliphatic rings. The standard InChI is InChI=1S/C21H27FN4O2/c1-3-24(15-17-7-8-19(28-2)18(22)14-17)16-21(27)26-12-10-25(11-13-26)20-6-4-5-9-23-20/h4-9,14H,3,10-13,15-16H2,1-2H3. The van der Waals surface area contributed by atoms with E-state index in [2.05, 4.69) is 9.88 Å². The molecule has 2 aromatic rings. The molecular weight excluding hydrogens is 359 g/mol. The lowest BCUT2D eigenvalue weighted by molar-refractivity contribution is -0.132. The minimum Gasteiger partial charge on any atom is -0.494 e. The Morgan fingerprint density at radius 2 is 2.00 bits per heavy atom. The summed E-state index contributed by atoms with van der Waals surface area (Å²) >= 11 is 0. The fourth-order valence-electron chi connectivity index (χ4n) is 3.36. The molecule has 28 heavy (non-hydrogen) atoms. The van der Waals surface area contributed by atoms with Crippen molar-refractivity contribution >= 4 is 11.7 Å². The average Bonchev–Trinajstić information content (AvgIpc) is 2.74. The van der Waals surface area contributed by atoms with Gasteiger partial charge in [-0.1, -0.05) is 19.1 Å². The summed E-state index contributed by atoms with van der Waals surface area (Å²) in [6, 6.07) is 10.8. The molecule has 0 spiro atoms. The average molecular weight is 386 g/mol. The van der Waals surface area contributed by atoms with E-state index < -0.39 is 0 Å². The number of carbonyl (C=O) groups excluding carboxylic acids is 1. The van der Waals surface area contributed by atoms with Crippen molar-refractivity contribution in [2.75, 3.05) is 51.3 Å². The molecule has 2 heterocycles. The highest BCUT2D eigenvalue weighted by atomic mass is 19.1. The molecule has 3 rings (SSSR count). The summed E-state index contributed by atoms with van der Waals surface area (Å²) in [6.07, 6.45) is 1.79. The van der Waals surface area contributed by atoms with Crippen LogP contribution in [0, 0.1) is 5.82 Å². The third-order valence-corrected chi connectivity index (χ3v) is 5.03. The van der Waals surface area contributed by atoms with Crippen LogP contribution in [0.5, 0.6) is 5.75 Å². The van der Waals surface area contributed by atoms with Gasteiger partial charge in [0, 0.05) is 38.9 Å². The van der Waals surface area contributed by atoms with E-state index in [4.69, 9.17) is 4.74 Å². The minimum atomic E-state index is -0.381.